The summed E-state index contributed by atoms with van der Waals surface area (Å²) in [5, 5.41) is 0. The number of benzene rings is 1. The van der Waals surface area contributed by atoms with Crippen molar-refractivity contribution in [3.8, 4) is 18.1 Å². The van der Waals surface area contributed by atoms with Crippen LogP contribution >= 0.6 is 19.4 Å². The van der Waals surface area contributed by atoms with E-state index >= 15 is 0 Å². The second kappa shape index (κ2) is 6.21. The lowest BCUT2D eigenvalue weighted by Gasteiger charge is -2.70. The average molecular weight is 441 g/mol. The lowest BCUT2D eigenvalue weighted by atomic mass is 9.46. The van der Waals surface area contributed by atoms with Crippen LogP contribution in [0.4, 0.5) is 0 Å². The quantitative estimate of drug-likeness (QED) is 0.320. The zero-order chi connectivity index (χ0) is 20.7. The van der Waals surface area contributed by atoms with Gasteiger partial charge in [0.1, 0.15) is 5.75 Å². The Hall–Kier alpha value is -1.10. The second-order valence-electron chi connectivity index (χ2n) is 8.71. The standard InChI is InChI=1S/C20H22ClO7P/c1-3-13-4-5-14(8-17(13)26-29(22,23)24)20(25-2)19(27-28-20)15-6-12-7-16(19)11-18(21,9-12)10-15/h1,4-5,8,12,15-16H,6-7,9-11H2,2H3,(H2,22,23,24). The summed E-state index contributed by atoms with van der Waals surface area (Å²) in [6.07, 6.45) is 10.1. The molecule has 1 saturated heterocycles. The number of hydrogen-bond donors (Lipinski definition) is 2. The number of terminal acetylenes is 1. The summed E-state index contributed by atoms with van der Waals surface area (Å²) in [6, 6.07) is 4.77. The van der Waals surface area contributed by atoms with Gasteiger partial charge in [-0.3, -0.25) is 9.79 Å². The molecular formula is C20H22ClO7P. The molecule has 1 spiro atoms. The Morgan fingerprint density at radius 2 is 1.93 bits per heavy atom. The van der Waals surface area contributed by atoms with E-state index in [0.29, 0.717) is 11.5 Å². The number of phosphoric ester groups is 1. The first-order valence-corrected chi connectivity index (χ1v) is 11.5. The molecule has 1 heterocycles. The van der Waals surface area contributed by atoms with Crippen LogP contribution in [-0.2, 0) is 24.9 Å². The fraction of sp³-hybridized carbons (Fsp3) is 0.600. The van der Waals surface area contributed by atoms with Crippen molar-refractivity contribution in [1.82, 2.24) is 0 Å². The fourth-order valence-corrected chi connectivity index (χ4v) is 7.39. The van der Waals surface area contributed by atoms with E-state index in [0.717, 1.165) is 32.1 Å². The van der Waals surface area contributed by atoms with Crippen LogP contribution in [0.1, 0.15) is 43.2 Å². The molecular weight excluding hydrogens is 419 g/mol. The Labute approximate surface area is 173 Å². The first-order chi connectivity index (χ1) is 13.6. The fourth-order valence-electron chi connectivity index (χ4n) is 6.39. The van der Waals surface area contributed by atoms with E-state index in [1.54, 1.807) is 19.2 Å². The highest BCUT2D eigenvalue weighted by Gasteiger charge is 2.78. The van der Waals surface area contributed by atoms with Crippen LogP contribution < -0.4 is 4.52 Å². The molecule has 1 aliphatic heterocycles. The number of rotatable bonds is 4. The van der Waals surface area contributed by atoms with E-state index in [1.807, 2.05) is 0 Å². The minimum Gasteiger partial charge on any atom is -0.403 e. The summed E-state index contributed by atoms with van der Waals surface area (Å²) >= 11 is 6.89. The van der Waals surface area contributed by atoms with Gasteiger partial charge in [0.2, 0.25) is 0 Å². The van der Waals surface area contributed by atoms with Crippen molar-refractivity contribution in [1.29, 1.82) is 0 Å². The number of halogens is 1. The van der Waals surface area contributed by atoms with Crippen LogP contribution in [0.2, 0.25) is 0 Å². The monoisotopic (exact) mass is 440 g/mol. The maximum Gasteiger partial charge on any atom is 0.524 e. The molecule has 3 unspecified atom stereocenters. The molecule has 29 heavy (non-hydrogen) atoms. The van der Waals surface area contributed by atoms with Gasteiger partial charge in [-0.2, -0.15) is 4.89 Å². The first kappa shape index (κ1) is 19.8. The van der Waals surface area contributed by atoms with Gasteiger partial charge in [0, 0.05) is 17.5 Å². The van der Waals surface area contributed by atoms with Crippen molar-refractivity contribution in [3.63, 3.8) is 0 Å². The number of methoxy groups -OCH3 is 1. The molecule has 0 radical (unpaired) electrons. The van der Waals surface area contributed by atoms with Crippen LogP contribution in [0, 0.1) is 30.1 Å². The van der Waals surface area contributed by atoms with Crippen molar-refractivity contribution < 1.29 is 33.4 Å². The summed E-state index contributed by atoms with van der Waals surface area (Å²) in [7, 11) is -3.25. The van der Waals surface area contributed by atoms with Crippen molar-refractivity contribution in [2.45, 2.75) is 48.4 Å². The maximum atomic E-state index is 11.4. The highest BCUT2D eigenvalue weighted by molar-refractivity contribution is 7.46. The van der Waals surface area contributed by atoms with Gasteiger partial charge in [0.05, 0.1) is 5.56 Å². The third kappa shape index (κ3) is 2.68. The minimum absolute atomic E-state index is 0.0990. The third-order valence-electron chi connectivity index (χ3n) is 7.16. The Morgan fingerprint density at radius 1 is 1.24 bits per heavy atom. The largest absolute Gasteiger partial charge is 0.524 e. The molecule has 9 heteroatoms. The Balaban J connectivity index is 1.59. The van der Waals surface area contributed by atoms with E-state index in [-0.39, 0.29) is 28.0 Å². The molecule has 6 rings (SSSR count). The Bertz CT molecular complexity index is 933. The van der Waals surface area contributed by atoms with E-state index in [9.17, 15) is 14.4 Å². The first-order valence-electron chi connectivity index (χ1n) is 9.62. The molecule has 4 bridgehead atoms. The molecule has 5 aliphatic rings. The predicted octanol–water partition coefficient (Wildman–Crippen LogP) is 3.46. The smallest absolute Gasteiger partial charge is 0.403 e. The second-order valence-corrected chi connectivity index (χ2v) is 10.7. The molecule has 3 atom stereocenters. The molecule has 156 valence electrons. The third-order valence-corrected chi connectivity index (χ3v) is 8.06. The van der Waals surface area contributed by atoms with Gasteiger partial charge in [0.15, 0.2) is 5.60 Å². The topological polar surface area (TPSA) is 94.5 Å². The molecule has 0 aromatic heterocycles. The lowest BCUT2D eigenvalue weighted by Crippen LogP contribution is -2.78. The van der Waals surface area contributed by atoms with Gasteiger partial charge in [-0.05, 0) is 62.0 Å². The van der Waals surface area contributed by atoms with Gasteiger partial charge < -0.3 is 9.26 Å². The van der Waals surface area contributed by atoms with Crippen LogP contribution in [0.3, 0.4) is 0 Å². The SMILES string of the molecule is C#Cc1ccc(C2(OC)OOC23C2CC4CC3CC(Cl)(C4)C2)cc1OP(=O)(O)O. The van der Waals surface area contributed by atoms with Gasteiger partial charge in [-0.25, -0.2) is 9.45 Å². The van der Waals surface area contributed by atoms with Crippen molar-refractivity contribution in [2.75, 3.05) is 7.11 Å². The molecule has 1 aromatic rings. The van der Waals surface area contributed by atoms with E-state index < -0.39 is 19.2 Å². The normalized spacial score (nSPS) is 42.5. The molecule has 5 fully saturated rings. The number of alkyl halides is 1. The van der Waals surface area contributed by atoms with E-state index in [4.69, 9.17) is 37.1 Å². The van der Waals surface area contributed by atoms with Crippen LogP contribution in [-0.4, -0.2) is 27.4 Å². The van der Waals surface area contributed by atoms with Crippen molar-refractivity contribution in [3.05, 3.63) is 29.3 Å². The summed E-state index contributed by atoms with van der Waals surface area (Å²) in [4.78, 5) is 29.9. The summed E-state index contributed by atoms with van der Waals surface area (Å²) < 4.78 is 22.2. The molecule has 1 aromatic carbocycles. The lowest BCUT2D eigenvalue weighted by molar-refractivity contribution is -0.645. The zero-order valence-corrected chi connectivity index (χ0v) is 17.5. The minimum atomic E-state index is -4.80. The summed E-state index contributed by atoms with van der Waals surface area (Å²) in [6.45, 7) is 0. The van der Waals surface area contributed by atoms with Gasteiger partial charge in [-0.15, -0.1) is 18.0 Å². The number of ether oxygens (including phenoxy) is 1. The van der Waals surface area contributed by atoms with Crippen LogP contribution in [0.15, 0.2) is 18.2 Å². The average Bonchev–Trinajstić information content (AvgIpc) is 2.59. The number of phosphoric acid groups is 1. The summed E-state index contributed by atoms with van der Waals surface area (Å²) in [5.41, 5.74) is 0.0703. The Kier molecular flexibility index (Phi) is 4.25. The van der Waals surface area contributed by atoms with Gasteiger partial charge >= 0.3 is 7.82 Å². The molecule has 0 amide bonds. The highest BCUT2D eigenvalue weighted by atomic mass is 35.5. The van der Waals surface area contributed by atoms with Crippen LogP contribution in [0.25, 0.3) is 0 Å². The maximum absolute atomic E-state index is 11.4. The molecule has 4 saturated carbocycles. The van der Waals surface area contributed by atoms with E-state index in [2.05, 4.69) is 5.92 Å². The molecule has 7 nitrogen and oxygen atoms in total. The Morgan fingerprint density at radius 3 is 2.41 bits per heavy atom. The van der Waals surface area contributed by atoms with Gasteiger partial charge in [-0.1, -0.05) is 12.0 Å². The highest BCUT2D eigenvalue weighted by Crippen LogP contribution is 2.71. The van der Waals surface area contributed by atoms with Gasteiger partial charge in [0.25, 0.3) is 5.79 Å². The number of hydrogen-bond acceptors (Lipinski definition) is 5. The molecule has 2 N–H and O–H groups in total. The predicted molar refractivity (Wildman–Crippen MR) is 103 cm³/mol. The molecule has 4 aliphatic carbocycles. The van der Waals surface area contributed by atoms with Crippen LogP contribution in [0.5, 0.6) is 5.75 Å². The zero-order valence-electron chi connectivity index (χ0n) is 15.8. The summed E-state index contributed by atoms with van der Waals surface area (Å²) in [5.74, 6) is 1.97. The van der Waals surface area contributed by atoms with Crippen molar-refractivity contribution in [2.24, 2.45) is 17.8 Å². The van der Waals surface area contributed by atoms with E-state index in [1.165, 1.54) is 6.07 Å². The van der Waals surface area contributed by atoms with Crippen molar-refractivity contribution >= 4 is 19.4 Å².